The van der Waals surface area contributed by atoms with Crippen molar-refractivity contribution >= 4 is 45.8 Å². The van der Waals surface area contributed by atoms with Crippen LogP contribution in [0.2, 0.25) is 10.0 Å². The Labute approximate surface area is 128 Å². The van der Waals surface area contributed by atoms with E-state index in [0.717, 1.165) is 23.3 Å². The number of aromatic nitrogens is 2. The van der Waals surface area contributed by atoms with Gasteiger partial charge in [0.15, 0.2) is 0 Å². The van der Waals surface area contributed by atoms with E-state index in [1.807, 2.05) is 6.07 Å². The van der Waals surface area contributed by atoms with Gasteiger partial charge in [-0.1, -0.05) is 37.0 Å². The molecule has 1 aromatic carbocycles. The van der Waals surface area contributed by atoms with Gasteiger partial charge in [0, 0.05) is 6.04 Å². The molecular formula is C14H17Cl3N2. The van der Waals surface area contributed by atoms with Gasteiger partial charge < -0.3 is 4.57 Å². The van der Waals surface area contributed by atoms with Crippen molar-refractivity contribution in [2.75, 3.05) is 0 Å². The van der Waals surface area contributed by atoms with E-state index in [1.54, 1.807) is 6.07 Å². The van der Waals surface area contributed by atoms with E-state index in [-0.39, 0.29) is 0 Å². The van der Waals surface area contributed by atoms with E-state index in [4.69, 9.17) is 34.8 Å². The molecule has 0 spiro atoms. The molecule has 0 aliphatic carbocycles. The Morgan fingerprint density at radius 1 is 1.16 bits per heavy atom. The van der Waals surface area contributed by atoms with Crippen LogP contribution in [-0.4, -0.2) is 9.55 Å². The van der Waals surface area contributed by atoms with E-state index in [9.17, 15) is 0 Å². The molecule has 0 saturated carbocycles. The number of hydrogen-bond donors (Lipinski definition) is 0. The number of hydrogen-bond acceptors (Lipinski definition) is 1. The van der Waals surface area contributed by atoms with Gasteiger partial charge in [0.1, 0.15) is 5.82 Å². The highest BCUT2D eigenvalue weighted by Gasteiger charge is 2.17. The van der Waals surface area contributed by atoms with Crippen molar-refractivity contribution in [3.8, 4) is 0 Å². The molecule has 5 heteroatoms. The number of nitrogens with zero attached hydrogens (tertiary/aromatic N) is 2. The molecule has 0 amide bonds. The van der Waals surface area contributed by atoms with Gasteiger partial charge in [-0.3, -0.25) is 0 Å². The maximum Gasteiger partial charge on any atom is 0.125 e. The molecule has 0 bridgehead atoms. The standard InChI is InChI=1S/C14H17Cl3N2/c1-8(2)4-9(3)19-13-6-11(17)10(16)5-12(13)18-14(19)7-15/h5-6,8-9H,4,7H2,1-3H3. The summed E-state index contributed by atoms with van der Waals surface area (Å²) >= 11 is 18.2. The molecule has 0 radical (unpaired) electrons. The highest BCUT2D eigenvalue weighted by Crippen LogP contribution is 2.32. The lowest BCUT2D eigenvalue weighted by Crippen LogP contribution is -2.10. The van der Waals surface area contributed by atoms with Crippen molar-refractivity contribution in [1.82, 2.24) is 9.55 Å². The fraction of sp³-hybridized carbons (Fsp3) is 0.500. The Bertz CT molecular complexity index is 590. The molecule has 1 aromatic heterocycles. The molecule has 1 heterocycles. The van der Waals surface area contributed by atoms with Crippen LogP contribution >= 0.6 is 34.8 Å². The second kappa shape index (κ2) is 5.90. The number of fused-ring (bicyclic) bond motifs is 1. The Balaban J connectivity index is 2.59. The highest BCUT2D eigenvalue weighted by atomic mass is 35.5. The third-order valence-electron chi connectivity index (χ3n) is 3.18. The largest absolute Gasteiger partial charge is 0.324 e. The Morgan fingerprint density at radius 2 is 1.79 bits per heavy atom. The average molecular weight is 320 g/mol. The van der Waals surface area contributed by atoms with Crippen molar-refractivity contribution in [2.45, 2.75) is 39.1 Å². The van der Waals surface area contributed by atoms with E-state index < -0.39 is 0 Å². The zero-order valence-electron chi connectivity index (χ0n) is 11.3. The van der Waals surface area contributed by atoms with Crippen LogP contribution in [0.25, 0.3) is 11.0 Å². The lowest BCUT2D eigenvalue weighted by Gasteiger charge is -2.19. The Kier molecular flexibility index (Phi) is 4.65. The van der Waals surface area contributed by atoms with Crippen LogP contribution in [0.3, 0.4) is 0 Å². The lowest BCUT2D eigenvalue weighted by molar-refractivity contribution is 0.428. The molecule has 0 aliphatic heterocycles. The quantitative estimate of drug-likeness (QED) is 0.662. The maximum atomic E-state index is 6.12. The molecule has 0 saturated heterocycles. The molecule has 104 valence electrons. The van der Waals surface area contributed by atoms with Gasteiger partial charge in [0.2, 0.25) is 0 Å². The molecule has 2 rings (SSSR count). The summed E-state index contributed by atoms with van der Waals surface area (Å²) in [7, 11) is 0. The van der Waals surface area contributed by atoms with Crippen LogP contribution in [0.15, 0.2) is 12.1 Å². The topological polar surface area (TPSA) is 17.8 Å². The predicted molar refractivity (Wildman–Crippen MR) is 83.5 cm³/mol. The van der Waals surface area contributed by atoms with Gasteiger partial charge in [-0.05, 0) is 31.4 Å². The van der Waals surface area contributed by atoms with Crippen molar-refractivity contribution < 1.29 is 0 Å². The SMILES string of the molecule is CC(C)CC(C)n1c(CCl)nc2cc(Cl)c(Cl)cc21. The summed E-state index contributed by atoms with van der Waals surface area (Å²) in [4.78, 5) is 4.55. The zero-order chi connectivity index (χ0) is 14.2. The number of benzene rings is 1. The summed E-state index contributed by atoms with van der Waals surface area (Å²) in [6.07, 6.45) is 1.07. The monoisotopic (exact) mass is 318 g/mol. The minimum atomic E-state index is 0.330. The van der Waals surface area contributed by atoms with Gasteiger partial charge in [0.25, 0.3) is 0 Å². The van der Waals surface area contributed by atoms with Crippen LogP contribution in [-0.2, 0) is 5.88 Å². The van der Waals surface area contributed by atoms with E-state index in [1.165, 1.54) is 0 Å². The summed E-state index contributed by atoms with van der Waals surface area (Å²) in [6.45, 7) is 6.60. The van der Waals surface area contributed by atoms with Gasteiger partial charge in [-0.2, -0.15) is 0 Å². The van der Waals surface area contributed by atoms with E-state index >= 15 is 0 Å². The Hall–Kier alpha value is -0.440. The van der Waals surface area contributed by atoms with Crippen LogP contribution in [0, 0.1) is 5.92 Å². The molecule has 19 heavy (non-hydrogen) atoms. The predicted octanol–water partition coefficient (Wildman–Crippen LogP) is 5.69. The molecule has 0 aliphatic rings. The van der Waals surface area contributed by atoms with Gasteiger partial charge in [-0.15, -0.1) is 11.6 Å². The van der Waals surface area contributed by atoms with Crippen molar-refractivity contribution in [1.29, 1.82) is 0 Å². The number of rotatable bonds is 4. The summed E-state index contributed by atoms with van der Waals surface area (Å²) in [6, 6.07) is 4.00. The normalized spacial score (nSPS) is 13.4. The molecule has 1 atom stereocenters. The van der Waals surface area contributed by atoms with Gasteiger partial charge >= 0.3 is 0 Å². The van der Waals surface area contributed by atoms with Crippen molar-refractivity contribution in [3.63, 3.8) is 0 Å². The lowest BCUT2D eigenvalue weighted by atomic mass is 10.0. The van der Waals surface area contributed by atoms with E-state index in [0.29, 0.717) is 27.9 Å². The first-order chi connectivity index (χ1) is 8.93. The fourth-order valence-electron chi connectivity index (χ4n) is 2.51. The summed E-state index contributed by atoms with van der Waals surface area (Å²) in [5, 5.41) is 1.07. The number of alkyl halides is 1. The summed E-state index contributed by atoms with van der Waals surface area (Å²) in [5.41, 5.74) is 1.85. The third-order valence-corrected chi connectivity index (χ3v) is 4.14. The smallest absolute Gasteiger partial charge is 0.125 e. The summed E-state index contributed by atoms with van der Waals surface area (Å²) in [5.74, 6) is 1.85. The first-order valence-corrected chi connectivity index (χ1v) is 7.65. The second-order valence-electron chi connectivity index (χ2n) is 5.27. The van der Waals surface area contributed by atoms with Crippen LogP contribution < -0.4 is 0 Å². The first kappa shape index (κ1) is 15.0. The van der Waals surface area contributed by atoms with Crippen LogP contribution in [0.5, 0.6) is 0 Å². The van der Waals surface area contributed by atoms with Gasteiger partial charge in [0.05, 0.1) is 27.0 Å². The summed E-state index contributed by atoms with van der Waals surface area (Å²) < 4.78 is 2.17. The molecular weight excluding hydrogens is 303 g/mol. The molecule has 0 fully saturated rings. The maximum absolute atomic E-state index is 6.12. The second-order valence-corrected chi connectivity index (χ2v) is 6.35. The van der Waals surface area contributed by atoms with Crippen molar-refractivity contribution in [3.05, 3.63) is 28.0 Å². The average Bonchev–Trinajstić information content (AvgIpc) is 2.66. The highest BCUT2D eigenvalue weighted by molar-refractivity contribution is 6.42. The first-order valence-electron chi connectivity index (χ1n) is 6.35. The van der Waals surface area contributed by atoms with Gasteiger partial charge in [-0.25, -0.2) is 4.98 Å². The minimum absolute atomic E-state index is 0.330. The number of halogens is 3. The third kappa shape index (κ3) is 3.01. The molecule has 2 aromatic rings. The fourth-order valence-corrected chi connectivity index (χ4v) is 3.02. The van der Waals surface area contributed by atoms with Crippen molar-refractivity contribution in [2.24, 2.45) is 5.92 Å². The van der Waals surface area contributed by atoms with E-state index in [2.05, 4.69) is 30.3 Å². The van der Waals surface area contributed by atoms with Crippen LogP contribution in [0.1, 0.15) is 39.1 Å². The molecule has 2 nitrogen and oxygen atoms in total. The number of imidazole rings is 1. The Morgan fingerprint density at radius 3 is 2.37 bits per heavy atom. The minimum Gasteiger partial charge on any atom is -0.324 e. The molecule has 0 N–H and O–H groups in total. The van der Waals surface area contributed by atoms with Crippen LogP contribution in [0.4, 0.5) is 0 Å². The molecule has 1 unspecified atom stereocenters. The zero-order valence-corrected chi connectivity index (χ0v) is 13.5.